The Morgan fingerprint density at radius 3 is 1.44 bits per heavy atom. The first-order valence-corrected chi connectivity index (χ1v) is 27.0. The molecule has 3 heterocycles. The third-order valence-electron chi connectivity index (χ3n) is 16.1. The first-order valence-electron chi connectivity index (χ1n) is 27.0. The standard InChI is InChI=1S/C70H78N4O/c1-65(2,3)48-27-30-58-59-31-29-56(44-62(59)74(61(58)40-48)64-42-49(33-34-71-64)66(4,5)6)75-57-39-53(70(15,16)47-25-21-18-22-26-47)38-55(43-57)72-45-73(54-36-51(67(7,8)9)35-52(37-54)68(10,11)12)63-41-50(28-32-60(63)72)69(13,14)46-23-19-17-20-24-46/h17-44H,45H2,1-16H3. The average Bonchev–Trinajstić information content (AvgIpc) is 3.91. The number of ether oxygens (including phenoxy) is 1. The van der Waals surface area contributed by atoms with Gasteiger partial charge in [-0.3, -0.25) is 4.57 Å². The van der Waals surface area contributed by atoms with Gasteiger partial charge in [0.15, 0.2) is 0 Å². The normalized spacial score (nSPS) is 13.8. The fraction of sp³-hybridized carbons (Fsp3) is 0.329. The minimum atomic E-state index is -0.352. The molecule has 0 fully saturated rings. The summed E-state index contributed by atoms with van der Waals surface area (Å²) >= 11 is 0. The van der Waals surface area contributed by atoms with E-state index in [9.17, 15) is 0 Å². The summed E-state index contributed by atoms with van der Waals surface area (Å²) in [6.45, 7) is 37.6. The van der Waals surface area contributed by atoms with Crippen molar-refractivity contribution in [3.05, 3.63) is 214 Å². The second-order valence-corrected chi connectivity index (χ2v) is 26.4. The number of benzene rings is 7. The Bertz CT molecular complexity index is 3560. The van der Waals surface area contributed by atoms with Gasteiger partial charge in [0.05, 0.1) is 22.4 Å². The molecule has 0 unspecified atom stereocenters. The van der Waals surface area contributed by atoms with Crippen molar-refractivity contribution in [1.82, 2.24) is 9.55 Å². The zero-order valence-corrected chi connectivity index (χ0v) is 47.6. The summed E-state index contributed by atoms with van der Waals surface area (Å²) in [6.07, 6.45) is 1.95. The maximum atomic E-state index is 7.25. The molecule has 10 rings (SSSR count). The molecule has 0 aliphatic carbocycles. The fourth-order valence-electron chi connectivity index (χ4n) is 10.8. The zero-order chi connectivity index (χ0) is 53.6. The molecule has 5 nitrogen and oxygen atoms in total. The van der Waals surface area contributed by atoms with Crippen molar-refractivity contribution in [1.29, 1.82) is 0 Å². The lowest BCUT2D eigenvalue weighted by Gasteiger charge is -2.30. The summed E-state index contributed by atoms with van der Waals surface area (Å²) in [5, 5.41) is 2.35. The first-order chi connectivity index (χ1) is 35.2. The monoisotopic (exact) mass is 991 g/mol. The molecule has 0 bridgehead atoms. The molecule has 0 atom stereocenters. The van der Waals surface area contributed by atoms with Crippen LogP contribution in [0.15, 0.2) is 170 Å². The molecule has 2 aromatic heterocycles. The van der Waals surface area contributed by atoms with E-state index in [2.05, 4.69) is 289 Å². The van der Waals surface area contributed by atoms with E-state index < -0.39 is 0 Å². The lowest BCUT2D eigenvalue weighted by atomic mass is 9.77. The van der Waals surface area contributed by atoms with Gasteiger partial charge in [0.2, 0.25) is 0 Å². The Hall–Kier alpha value is -7.11. The van der Waals surface area contributed by atoms with Crippen molar-refractivity contribution < 1.29 is 4.74 Å². The number of hydrogen-bond acceptors (Lipinski definition) is 4. The second-order valence-electron chi connectivity index (χ2n) is 26.4. The Balaban J connectivity index is 1.16. The van der Waals surface area contributed by atoms with Crippen molar-refractivity contribution in [2.24, 2.45) is 0 Å². The van der Waals surface area contributed by atoms with Crippen LogP contribution in [0.25, 0.3) is 27.6 Å². The number of hydrogen-bond donors (Lipinski definition) is 0. The predicted molar refractivity (Wildman–Crippen MR) is 319 cm³/mol. The van der Waals surface area contributed by atoms with Gasteiger partial charge in [-0.05, 0) is 133 Å². The highest BCUT2D eigenvalue weighted by molar-refractivity contribution is 6.09. The highest BCUT2D eigenvalue weighted by Gasteiger charge is 2.35. The van der Waals surface area contributed by atoms with E-state index in [1.54, 1.807) is 0 Å². The molecular formula is C70H78N4O. The summed E-state index contributed by atoms with van der Waals surface area (Å²) in [4.78, 5) is 10.1. The van der Waals surface area contributed by atoms with Gasteiger partial charge in [0.25, 0.3) is 0 Å². The van der Waals surface area contributed by atoms with Gasteiger partial charge in [0, 0.05) is 51.3 Å². The van der Waals surface area contributed by atoms with E-state index in [1.807, 2.05) is 6.20 Å². The SMILES string of the molecule is CC(C)(C)c1cc(N2CN(c3cc(Oc4ccc5c6ccc(C(C)(C)C)cc6n(-c6cc(C(C)(C)C)ccn6)c5c4)cc(C(C)(C)c4ccccc4)c3)c3ccc(C(C)(C)c4ccccc4)cc32)cc(C(C)(C)C)c1. The van der Waals surface area contributed by atoms with Crippen molar-refractivity contribution in [3.63, 3.8) is 0 Å². The lowest BCUT2D eigenvalue weighted by Crippen LogP contribution is -2.26. The quantitative estimate of drug-likeness (QED) is 0.144. The molecule has 384 valence electrons. The number of nitrogens with zero attached hydrogens (tertiary/aromatic N) is 4. The fourth-order valence-corrected chi connectivity index (χ4v) is 10.8. The minimum Gasteiger partial charge on any atom is -0.457 e. The van der Waals surface area contributed by atoms with Crippen LogP contribution in [0.5, 0.6) is 11.5 Å². The molecule has 0 N–H and O–H groups in total. The van der Waals surface area contributed by atoms with Gasteiger partial charge in [-0.15, -0.1) is 0 Å². The van der Waals surface area contributed by atoms with Gasteiger partial charge >= 0.3 is 0 Å². The van der Waals surface area contributed by atoms with E-state index >= 15 is 0 Å². The Labute approximate surface area is 448 Å². The molecule has 0 radical (unpaired) electrons. The van der Waals surface area contributed by atoms with E-state index in [0.29, 0.717) is 6.67 Å². The number of fused-ring (bicyclic) bond motifs is 4. The molecule has 9 aromatic rings. The molecule has 7 aromatic carbocycles. The second kappa shape index (κ2) is 18.3. The van der Waals surface area contributed by atoms with Gasteiger partial charge < -0.3 is 14.5 Å². The highest BCUT2D eigenvalue weighted by atomic mass is 16.5. The lowest BCUT2D eigenvalue weighted by molar-refractivity contribution is 0.480. The number of anilines is 4. The van der Waals surface area contributed by atoms with E-state index in [4.69, 9.17) is 9.72 Å². The molecule has 1 aliphatic rings. The molecule has 75 heavy (non-hydrogen) atoms. The highest BCUT2D eigenvalue weighted by Crippen LogP contribution is 2.50. The third kappa shape index (κ3) is 9.76. The first kappa shape index (κ1) is 51.4. The molecular weight excluding hydrogens is 913 g/mol. The van der Waals surface area contributed by atoms with Crippen molar-refractivity contribution >= 4 is 44.6 Å². The average molecular weight is 991 g/mol. The molecule has 0 spiro atoms. The van der Waals surface area contributed by atoms with Crippen LogP contribution in [0.4, 0.5) is 22.7 Å². The summed E-state index contributed by atoms with van der Waals surface area (Å²) in [5.41, 5.74) is 16.2. The third-order valence-corrected chi connectivity index (χ3v) is 16.1. The van der Waals surface area contributed by atoms with Crippen LogP contribution >= 0.6 is 0 Å². The maximum absolute atomic E-state index is 7.25. The molecule has 1 aliphatic heterocycles. The largest absolute Gasteiger partial charge is 0.457 e. The van der Waals surface area contributed by atoms with Crippen LogP contribution in [0.3, 0.4) is 0 Å². The van der Waals surface area contributed by atoms with Crippen molar-refractivity contribution in [2.45, 2.75) is 143 Å². The smallest absolute Gasteiger partial charge is 0.137 e. The summed E-state index contributed by atoms with van der Waals surface area (Å²) in [5.74, 6) is 2.44. The number of aromatic nitrogens is 2. The van der Waals surface area contributed by atoms with Crippen LogP contribution in [0.2, 0.25) is 0 Å². The topological polar surface area (TPSA) is 33.5 Å². The zero-order valence-electron chi connectivity index (χ0n) is 47.6. The van der Waals surface area contributed by atoms with Crippen LogP contribution in [-0.2, 0) is 32.5 Å². The predicted octanol–water partition coefficient (Wildman–Crippen LogP) is 19.1. The Morgan fingerprint density at radius 2 is 0.853 bits per heavy atom. The summed E-state index contributed by atoms with van der Waals surface area (Å²) < 4.78 is 9.58. The van der Waals surface area contributed by atoms with Gasteiger partial charge in [-0.2, -0.15) is 0 Å². The van der Waals surface area contributed by atoms with Crippen LogP contribution in [-0.4, -0.2) is 16.2 Å². The van der Waals surface area contributed by atoms with Gasteiger partial charge in [-0.25, -0.2) is 4.98 Å². The number of rotatable bonds is 9. The van der Waals surface area contributed by atoms with E-state index in [0.717, 1.165) is 45.1 Å². The van der Waals surface area contributed by atoms with Crippen LogP contribution in [0, 0.1) is 0 Å². The summed E-state index contributed by atoms with van der Waals surface area (Å²) in [6, 6.07) is 61.0. The molecule has 0 amide bonds. The Kier molecular flexibility index (Phi) is 12.6. The maximum Gasteiger partial charge on any atom is 0.137 e. The summed E-state index contributed by atoms with van der Waals surface area (Å²) in [7, 11) is 0. The molecule has 0 saturated carbocycles. The number of pyridine rings is 1. The molecule has 0 saturated heterocycles. The van der Waals surface area contributed by atoms with Crippen molar-refractivity contribution in [3.8, 4) is 17.3 Å². The van der Waals surface area contributed by atoms with E-state index in [1.165, 1.54) is 61.3 Å². The Morgan fingerprint density at radius 1 is 0.360 bits per heavy atom. The van der Waals surface area contributed by atoms with Crippen LogP contribution in [0.1, 0.15) is 155 Å². The van der Waals surface area contributed by atoms with Gasteiger partial charge in [0.1, 0.15) is 24.0 Å². The van der Waals surface area contributed by atoms with Crippen LogP contribution < -0.4 is 14.5 Å². The van der Waals surface area contributed by atoms with Gasteiger partial charge in [-0.1, -0.05) is 196 Å². The minimum absolute atomic E-state index is 0.0273. The molecule has 5 heteroatoms. The van der Waals surface area contributed by atoms with E-state index in [-0.39, 0.29) is 32.5 Å². The van der Waals surface area contributed by atoms with Crippen molar-refractivity contribution in [2.75, 3.05) is 16.5 Å².